The predicted molar refractivity (Wildman–Crippen MR) is 101 cm³/mol. The minimum atomic E-state index is 0.139. The lowest BCUT2D eigenvalue weighted by Gasteiger charge is -2.24. The van der Waals surface area contributed by atoms with Gasteiger partial charge in [0.25, 0.3) is 0 Å². The molecular weight excluding hydrogens is 328 g/mol. The number of carbonyl (C=O) groups is 1. The highest BCUT2D eigenvalue weighted by atomic mass is 16.5. The molecule has 26 heavy (non-hydrogen) atoms. The first kappa shape index (κ1) is 17.5. The van der Waals surface area contributed by atoms with Gasteiger partial charge in [0.15, 0.2) is 0 Å². The van der Waals surface area contributed by atoms with E-state index in [2.05, 4.69) is 16.0 Å². The first-order valence-electron chi connectivity index (χ1n) is 9.99. The second kappa shape index (κ2) is 8.18. The summed E-state index contributed by atoms with van der Waals surface area (Å²) in [7, 11) is 0. The lowest BCUT2D eigenvalue weighted by molar-refractivity contribution is -0.908. The van der Waals surface area contributed by atoms with Crippen molar-refractivity contribution in [2.75, 3.05) is 38.2 Å². The van der Waals surface area contributed by atoms with Gasteiger partial charge < -0.3 is 14.2 Å². The summed E-state index contributed by atoms with van der Waals surface area (Å²) >= 11 is 0. The quantitative estimate of drug-likeness (QED) is 0.852. The van der Waals surface area contributed by atoms with E-state index < -0.39 is 0 Å². The molecule has 0 bridgehead atoms. The summed E-state index contributed by atoms with van der Waals surface area (Å²) in [6.45, 7) is 5.66. The highest BCUT2D eigenvalue weighted by Crippen LogP contribution is 2.26. The van der Waals surface area contributed by atoms with Crippen LogP contribution in [0, 0.1) is 5.92 Å². The fourth-order valence-corrected chi connectivity index (χ4v) is 4.15. The molecule has 2 aliphatic rings. The number of nitrogens with one attached hydrogen (secondary N) is 2. The zero-order valence-corrected chi connectivity index (χ0v) is 15.4. The van der Waals surface area contributed by atoms with Gasteiger partial charge in [0, 0.05) is 5.92 Å². The SMILES string of the molecule is O=C(Nc1nc2ccccc2n1CC[NH+]1CCOCC1)C1CCCCC1. The summed E-state index contributed by atoms with van der Waals surface area (Å²) in [5, 5.41) is 3.14. The number of rotatable bonds is 5. The van der Waals surface area contributed by atoms with E-state index in [4.69, 9.17) is 9.72 Å². The Balaban J connectivity index is 1.51. The minimum Gasteiger partial charge on any atom is -0.370 e. The predicted octanol–water partition coefficient (Wildman–Crippen LogP) is 1.47. The second-order valence-corrected chi connectivity index (χ2v) is 7.51. The molecule has 1 saturated carbocycles. The molecule has 140 valence electrons. The third-order valence-electron chi connectivity index (χ3n) is 5.75. The molecule has 6 nitrogen and oxygen atoms in total. The van der Waals surface area contributed by atoms with Crippen LogP contribution in [0.15, 0.2) is 24.3 Å². The maximum Gasteiger partial charge on any atom is 0.229 e. The molecule has 1 aromatic carbocycles. The Hall–Kier alpha value is -1.92. The van der Waals surface area contributed by atoms with Crippen molar-refractivity contribution >= 4 is 22.9 Å². The van der Waals surface area contributed by atoms with E-state index in [1.54, 1.807) is 4.90 Å². The lowest BCUT2D eigenvalue weighted by Crippen LogP contribution is -3.14. The fraction of sp³-hybridized carbons (Fsp3) is 0.600. The van der Waals surface area contributed by atoms with Crippen molar-refractivity contribution in [3.8, 4) is 0 Å². The van der Waals surface area contributed by atoms with Gasteiger partial charge in [-0.3, -0.25) is 10.1 Å². The Morgan fingerprint density at radius 2 is 1.96 bits per heavy atom. The number of morpholine rings is 1. The Kier molecular flexibility index (Phi) is 5.51. The van der Waals surface area contributed by atoms with Crippen LogP contribution in [0.2, 0.25) is 0 Å². The summed E-state index contributed by atoms with van der Waals surface area (Å²) in [5.74, 6) is 0.983. The number of aromatic nitrogens is 2. The molecule has 0 radical (unpaired) electrons. The zero-order valence-electron chi connectivity index (χ0n) is 15.4. The summed E-state index contributed by atoms with van der Waals surface area (Å²) < 4.78 is 7.63. The standard InChI is InChI=1S/C20H28N4O2/c25-19(16-6-2-1-3-7-16)22-20-21-17-8-4-5-9-18(17)24(20)11-10-23-12-14-26-15-13-23/h4-5,8-9,16H,1-3,6-7,10-15H2,(H,21,22,25)/p+1. The van der Waals surface area contributed by atoms with Gasteiger partial charge in [0.2, 0.25) is 11.9 Å². The smallest absolute Gasteiger partial charge is 0.229 e. The molecule has 1 amide bonds. The van der Waals surface area contributed by atoms with Crippen LogP contribution in [0.3, 0.4) is 0 Å². The van der Waals surface area contributed by atoms with Gasteiger partial charge in [0.1, 0.15) is 13.1 Å². The van der Waals surface area contributed by atoms with Gasteiger partial charge in [-0.2, -0.15) is 0 Å². The topological polar surface area (TPSA) is 60.6 Å². The van der Waals surface area contributed by atoms with Crippen molar-refractivity contribution in [2.24, 2.45) is 5.92 Å². The molecule has 2 heterocycles. The summed E-state index contributed by atoms with van der Waals surface area (Å²) in [5.41, 5.74) is 2.04. The van der Waals surface area contributed by atoms with E-state index in [0.29, 0.717) is 5.95 Å². The van der Waals surface area contributed by atoms with Gasteiger partial charge in [-0.05, 0) is 25.0 Å². The zero-order chi connectivity index (χ0) is 17.8. The maximum atomic E-state index is 12.7. The Morgan fingerprint density at radius 1 is 1.19 bits per heavy atom. The second-order valence-electron chi connectivity index (χ2n) is 7.51. The molecule has 4 rings (SSSR count). The molecule has 6 heteroatoms. The number of ether oxygens (including phenoxy) is 1. The normalized spacial score (nSPS) is 19.7. The third kappa shape index (κ3) is 3.91. The maximum absolute atomic E-state index is 12.7. The van der Waals surface area contributed by atoms with Crippen LogP contribution in [-0.4, -0.2) is 48.3 Å². The molecule has 1 saturated heterocycles. The molecule has 2 aromatic rings. The minimum absolute atomic E-state index is 0.139. The third-order valence-corrected chi connectivity index (χ3v) is 5.75. The van der Waals surface area contributed by atoms with Crippen LogP contribution in [0.1, 0.15) is 32.1 Å². The van der Waals surface area contributed by atoms with Crippen LogP contribution in [0.5, 0.6) is 0 Å². The van der Waals surface area contributed by atoms with E-state index in [9.17, 15) is 4.79 Å². The molecule has 0 unspecified atom stereocenters. The molecule has 1 aliphatic heterocycles. The monoisotopic (exact) mass is 357 g/mol. The first-order valence-corrected chi connectivity index (χ1v) is 9.99. The van der Waals surface area contributed by atoms with Crippen molar-refractivity contribution in [3.05, 3.63) is 24.3 Å². The lowest BCUT2D eigenvalue weighted by atomic mass is 9.89. The van der Waals surface area contributed by atoms with E-state index >= 15 is 0 Å². The number of hydrogen-bond acceptors (Lipinski definition) is 3. The Labute approximate surface area is 154 Å². The highest BCUT2D eigenvalue weighted by molar-refractivity contribution is 5.93. The summed E-state index contributed by atoms with van der Waals surface area (Å²) in [6, 6.07) is 8.14. The largest absolute Gasteiger partial charge is 0.370 e. The van der Waals surface area contributed by atoms with Crippen molar-refractivity contribution in [1.82, 2.24) is 9.55 Å². The number of quaternary nitrogens is 1. The average molecular weight is 357 g/mol. The number of benzene rings is 1. The van der Waals surface area contributed by atoms with E-state index in [1.807, 2.05) is 18.2 Å². The van der Waals surface area contributed by atoms with E-state index in [1.165, 1.54) is 6.42 Å². The highest BCUT2D eigenvalue weighted by Gasteiger charge is 2.23. The van der Waals surface area contributed by atoms with Crippen LogP contribution in [0.25, 0.3) is 11.0 Å². The number of imidazole rings is 1. The molecule has 1 aliphatic carbocycles. The van der Waals surface area contributed by atoms with Crippen LogP contribution in [0.4, 0.5) is 5.95 Å². The van der Waals surface area contributed by atoms with Crippen LogP contribution >= 0.6 is 0 Å². The molecule has 1 aromatic heterocycles. The number of amides is 1. The molecule has 2 N–H and O–H groups in total. The Morgan fingerprint density at radius 3 is 2.77 bits per heavy atom. The average Bonchev–Trinajstić information content (AvgIpc) is 3.05. The van der Waals surface area contributed by atoms with Crippen molar-refractivity contribution < 1.29 is 14.4 Å². The van der Waals surface area contributed by atoms with Gasteiger partial charge in [-0.1, -0.05) is 31.4 Å². The first-order chi connectivity index (χ1) is 12.8. The summed E-state index contributed by atoms with van der Waals surface area (Å²) in [4.78, 5) is 19.0. The van der Waals surface area contributed by atoms with Gasteiger partial charge in [0.05, 0.1) is 37.3 Å². The fourth-order valence-electron chi connectivity index (χ4n) is 4.15. The van der Waals surface area contributed by atoms with Crippen LogP contribution < -0.4 is 10.2 Å². The van der Waals surface area contributed by atoms with Gasteiger partial charge >= 0.3 is 0 Å². The van der Waals surface area contributed by atoms with Crippen molar-refractivity contribution in [1.29, 1.82) is 0 Å². The molecular formula is C20H29N4O2+. The number of nitrogens with zero attached hydrogens (tertiary/aromatic N) is 2. The van der Waals surface area contributed by atoms with Crippen molar-refractivity contribution in [3.63, 3.8) is 0 Å². The number of para-hydroxylation sites is 2. The number of hydrogen-bond donors (Lipinski definition) is 2. The van der Waals surface area contributed by atoms with Gasteiger partial charge in [-0.25, -0.2) is 4.98 Å². The molecule has 0 spiro atoms. The Bertz CT molecular complexity index is 745. The van der Waals surface area contributed by atoms with Crippen molar-refractivity contribution in [2.45, 2.75) is 38.6 Å². The van der Waals surface area contributed by atoms with Gasteiger partial charge in [-0.15, -0.1) is 0 Å². The molecule has 0 atom stereocenters. The van der Waals surface area contributed by atoms with E-state index in [0.717, 1.165) is 76.1 Å². The number of anilines is 1. The number of carbonyl (C=O) groups excluding carboxylic acids is 1. The molecule has 2 fully saturated rings. The van der Waals surface area contributed by atoms with Crippen LogP contribution in [-0.2, 0) is 16.1 Å². The summed E-state index contributed by atoms with van der Waals surface area (Å²) in [6.07, 6.45) is 5.59. The van der Waals surface area contributed by atoms with E-state index in [-0.39, 0.29) is 11.8 Å². The number of fused-ring (bicyclic) bond motifs is 1.